The zero-order valence-electron chi connectivity index (χ0n) is 6.53. The largest absolute Gasteiger partial charge is 0.379 e. The first kappa shape index (κ1) is 7.59. The van der Waals surface area contributed by atoms with E-state index in [2.05, 4.69) is 6.92 Å². The summed E-state index contributed by atoms with van der Waals surface area (Å²) in [6, 6.07) is -0.299. The van der Waals surface area contributed by atoms with Gasteiger partial charge in [0.2, 0.25) is 0 Å². The lowest BCUT2D eigenvalue weighted by molar-refractivity contribution is -0.0529. The second-order valence-electron chi connectivity index (χ2n) is 2.93. The van der Waals surface area contributed by atoms with Gasteiger partial charge in [0.05, 0.1) is 6.10 Å². The Hall–Kier alpha value is -0.0551. The van der Waals surface area contributed by atoms with E-state index < -0.39 is 0 Å². The summed E-state index contributed by atoms with van der Waals surface area (Å²) in [6.45, 7) is 2.42. The third-order valence-electron chi connectivity index (χ3n) is 2.27. The minimum absolute atomic E-state index is 0.0417. The molecule has 3 nitrogen and oxygen atoms in total. The van der Waals surface area contributed by atoms with Crippen molar-refractivity contribution in [2.24, 2.45) is 0 Å². The van der Waals surface area contributed by atoms with Gasteiger partial charge in [0.15, 0.2) is 0 Å². The van der Waals surface area contributed by atoms with Gasteiger partial charge in [-0.15, -0.1) is 0 Å². The number of ether oxygens (including phenoxy) is 3. The van der Waals surface area contributed by atoms with Crippen molar-refractivity contribution >= 4 is 7.85 Å². The first-order valence-corrected chi connectivity index (χ1v) is 3.97. The minimum atomic E-state index is -0.299. The van der Waals surface area contributed by atoms with Crippen LogP contribution in [0.2, 0.25) is 0 Å². The molecule has 2 unspecified atom stereocenters. The highest BCUT2D eigenvalue weighted by molar-refractivity contribution is 6.11. The highest BCUT2D eigenvalue weighted by Gasteiger charge is 2.45. The van der Waals surface area contributed by atoms with E-state index >= 15 is 0 Å². The Balaban J connectivity index is 2.07. The molecule has 2 fully saturated rings. The third-order valence-corrected chi connectivity index (χ3v) is 2.27. The highest BCUT2D eigenvalue weighted by Crippen LogP contribution is 2.30. The molecule has 0 aromatic heterocycles. The molecule has 2 saturated heterocycles. The zero-order valence-corrected chi connectivity index (χ0v) is 6.53. The fourth-order valence-electron chi connectivity index (χ4n) is 1.67. The van der Waals surface area contributed by atoms with Crippen LogP contribution in [0.3, 0.4) is 0 Å². The normalized spacial score (nSPS) is 49.5. The molecule has 2 aliphatic rings. The van der Waals surface area contributed by atoms with E-state index in [1.54, 1.807) is 0 Å². The van der Waals surface area contributed by atoms with Gasteiger partial charge in [-0.2, -0.15) is 0 Å². The Morgan fingerprint density at radius 3 is 2.82 bits per heavy atom. The summed E-state index contributed by atoms with van der Waals surface area (Å²) in [5, 5.41) is 0. The molecule has 11 heavy (non-hydrogen) atoms. The number of fused-ring (bicyclic) bond motifs is 1. The Morgan fingerprint density at radius 1 is 1.36 bits per heavy atom. The summed E-state index contributed by atoms with van der Waals surface area (Å²) in [6.07, 6.45) is 1.07. The molecule has 0 saturated carbocycles. The van der Waals surface area contributed by atoms with Gasteiger partial charge in [-0.1, -0.05) is 6.92 Å². The van der Waals surface area contributed by atoms with Gasteiger partial charge >= 0.3 is 0 Å². The molecule has 4 heteroatoms. The average Bonchev–Trinajstić information content (AvgIpc) is 2.54. The van der Waals surface area contributed by atoms with Gasteiger partial charge in [-0.3, -0.25) is 0 Å². The zero-order chi connectivity index (χ0) is 7.84. The van der Waals surface area contributed by atoms with Crippen molar-refractivity contribution < 1.29 is 14.2 Å². The highest BCUT2D eigenvalue weighted by atomic mass is 16.7. The standard InChI is InChI=1S/C7H11BO3/c1-2-4-5-6(7(8)11-4)10-3-9-5/h4-7H,2-3H2,1H3/t4-,5?,6?,7-/m0/s1. The van der Waals surface area contributed by atoms with E-state index in [1.165, 1.54) is 0 Å². The summed E-state index contributed by atoms with van der Waals surface area (Å²) >= 11 is 0. The van der Waals surface area contributed by atoms with Crippen molar-refractivity contribution in [1.29, 1.82) is 0 Å². The van der Waals surface area contributed by atoms with E-state index in [0.29, 0.717) is 6.79 Å². The quantitative estimate of drug-likeness (QED) is 0.498. The molecular weight excluding hydrogens is 143 g/mol. The molecule has 0 bridgehead atoms. The van der Waals surface area contributed by atoms with Crippen LogP contribution in [0.1, 0.15) is 13.3 Å². The maximum absolute atomic E-state index is 5.66. The smallest absolute Gasteiger partial charge is 0.147 e. The predicted molar refractivity (Wildman–Crippen MR) is 39.3 cm³/mol. The topological polar surface area (TPSA) is 27.7 Å². The second kappa shape index (κ2) is 2.77. The first-order valence-electron chi connectivity index (χ1n) is 3.97. The van der Waals surface area contributed by atoms with E-state index in [4.69, 9.17) is 22.1 Å². The van der Waals surface area contributed by atoms with Crippen LogP contribution in [0.25, 0.3) is 0 Å². The van der Waals surface area contributed by atoms with Crippen LogP contribution in [-0.4, -0.2) is 39.0 Å². The van der Waals surface area contributed by atoms with Crippen molar-refractivity contribution in [2.75, 3.05) is 6.79 Å². The van der Waals surface area contributed by atoms with Crippen LogP contribution in [0.5, 0.6) is 0 Å². The van der Waals surface area contributed by atoms with Gasteiger partial charge in [-0.25, -0.2) is 0 Å². The molecule has 60 valence electrons. The Bertz CT molecular complexity index is 153. The fraction of sp³-hybridized carbons (Fsp3) is 1.00. The van der Waals surface area contributed by atoms with Gasteiger partial charge in [-0.05, 0) is 6.42 Å². The summed E-state index contributed by atoms with van der Waals surface area (Å²) in [7, 11) is 5.66. The molecular formula is C7H11BO3. The van der Waals surface area contributed by atoms with Crippen LogP contribution in [0.4, 0.5) is 0 Å². The van der Waals surface area contributed by atoms with Crippen molar-refractivity contribution in [1.82, 2.24) is 0 Å². The van der Waals surface area contributed by atoms with Crippen LogP contribution in [-0.2, 0) is 14.2 Å². The molecule has 2 rings (SSSR count). The van der Waals surface area contributed by atoms with Gasteiger partial charge in [0, 0.05) is 6.00 Å². The van der Waals surface area contributed by atoms with E-state index in [-0.39, 0.29) is 24.3 Å². The predicted octanol–water partition coefficient (Wildman–Crippen LogP) is 0.0313. The van der Waals surface area contributed by atoms with Crippen LogP contribution in [0.15, 0.2) is 0 Å². The molecule has 4 atom stereocenters. The Kier molecular flexibility index (Phi) is 1.91. The van der Waals surface area contributed by atoms with Gasteiger partial charge < -0.3 is 14.2 Å². The third kappa shape index (κ3) is 1.09. The molecule has 0 spiro atoms. The number of rotatable bonds is 1. The molecule has 2 heterocycles. The second-order valence-corrected chi connectivity index (χ2v) is 2.93. The Labute approximate surface area is 67.4 Å². The molecule has 2 radical (unpaired) electrons. The minimum Gasteiger partial charge on any atom is -0.379 e. The van der Waals surface area contributed by atoms with Crippen molar-refractivity contribution in [3.8, 4) is 0 Å². The monoisotopic (exact) mass is 154 g/mol. The average molecular weight is 154 g/mol. The van der Waals surface area contributed by atoms with Crippen molar-refractivity contribution in [3.05, 3.63) is 0 Å². The summed E-state index contributed by atoms with van der Waals surface area (Å²) in [5.74, 6) is 0. The first-order chi connectivity index (χ1) is 5.33. The van der Waals surface area contributed by atoms with E-state index in [1.807, 2.05) is 0 Å². The van der Waals surface area contributed by atoms with Crippen molar-refractivity contribution in [2.45, 2.75) is 37.7 Å². The van der Waals surface area contributed by atoms with Crippen LogP contribution >= 0.6 is 0 Å². The van der Waals surface area contributed by atoms with Crippen LogP contribution in [0, 0.1) is 0 Å². The molecule has 0 N–H and O–H groups in total. The maximum atomic E-state index is 5.66. The molecule has 0 aromatic carbocycles. The lowest BCUT2D eigenvalue weighted by Gasteiger charge is -2.12. The molecule has 0 aromatic rings. The lowest BCUT2D eigenvalue weighted by atomic mass is 9.93. The molecule has 2 aliphatic heterocycles. The Morgan fingerprint density at radius 2 is 2.09 bits per heavy atom. The number of hydrogen-bond donors (Lipinski definition) is 0. The lowest BCUT2D eigenvalue weighted by Crippen LogP contribution is -2.29. The summed E-state index contributed by atoms with van der Waals surface area (Å²) < 4.78 is 16.0. The van der Waals surface area contributed by atoms with Gasteiger partial charge in [0.1, 0.15) is 26.8 Å². The van der Waals surface area contributed by atoms with E-state index in [0.717, 1.165) is 6.42 Å². The maximum Gasteiger partial charge on any atom is 0.147 e. The molecule has 0 amide bonds. The van der Waals surface area contributed by atoms with Gasteiger partial charge in [0.25, 0.3) is 0 Å². The SMILES string of the molecule is [B][C@H]1O[C@@H](CC)C2OCOC21. The fourth-order valence-corrected chi connectivity index (χ4v) is 1.67. The van der Waals surface area contributed by atoms with Crippen molar-refractivity contribution in [3.63, 3.8) is 0 Å². The number of hydrogen-bond acceptors (Lipinski definition) is 3. The summed E-state index contributed by atoms with van der Waals surface area (Å²) in [4.78, 5) is 0. The van der Waals surface area contributed by atoms with Crippen LogP contribution < -0.4 is 0 Å². The molecule has 0 aliphatic carbocycles. The van der Waals surface area contributed by atoms with E-state index in [9.17, 15) is 0 Å². The summed E-state index contributed by atoms with van der Waals surface area (Å²) in [5.41, 5.74) is 0.